The number of esters is 1. The SMILES string of the molecule is CC(=O)O[C@@H]1[C@@H](C)[C@H](N=[N+]=[N-])C[C@H](N=[N+]=[N-])[C@H]1O. The van der Waals surface area contributed by atoms with E-state index in [4.69, 9.17) is 15.8 Å². The number of rotatable bonds is 3. The first-order valence-corrected chi connectivity index (χ1v) is 5.45. The Labute approximate surface area is 103 Å². The van der Waals surface area contributed by atoms with E-state index in [0.717, 1.165) is 0 Å². The van der Waals surface area contributed by atoms with Crippen LogP contribution in [0.15, 0.2) is 10.2 Å². The Morgan fingerprint density at radius 3 is 2.39 bits per heavy atom. The van der Waals surface area contributed by atoms with Crippen molar-refractivity contribution in [3.05, 3.63) is 20.9 Å². The average molecular weight is 254 g/mol. The van der Waals surface area contributed by atoms with Crippen LogP contribution < -0.4 is 0 Å². The predicted octanol–water partition coefficient (Wildman–Crippen LogP) is 1.68. The maximum atomic E-state index is 11.0. The van der Waals surface area contributed by atoms with Gasteiger partial charge in [-0.1, -0.05) is 17.2 Å². The number of carbonyl (C=O) groups is 1. The van der Waals surface area contributed by atoms with Gasteiger partial charge < -0.3 is 9.84 Å². The minimum atomic E-state index is -1.09. The molecule has 1 N–H and O–H groups in total. The first-order chi connectivity index (χ1) is 8.51. The van der Waals surface area contributed by atoms with Gasteiger partial charge in [0.25, 0.3) is 0 Å². The van der Waals surface area contributed by atoms with E-state index in [1.165, 1.54) is 6.92 Å². The number of hydrogen-bond donors (Lipinski definition) is 1. The van der Waals surface area contributed by atoms with Crippen LogP contribution in [0.4, 0.5) is 0 Å². The highest BCUT2D eigenvalue weighted by molar-refractivity contribution is 5.66. The van der Waals surface area contributed by atoms with E-state index in [1.54, 1.807) is 6.92 Å². The third kappa shape index (κ3) is 3.04. The third-order valence-corrected chi connectivity index (χ3v) is 3.04. The van der Waals surface area contributed by atoms with Crippen LogP contribution in [0.1, 0.15) is 20.3 Å². The van der Waals surface area contributed by atoms with Crippen molar-refractivity contribution in [2.45, 2.75) is 44.6 Å². The molecule has 9 nitrogen and oxygen atoms in total. The quantitative estimate of drug-likeness (QED) is 0.354. The van der Waals surface area contributed by atoms with Crippen LogP contribution in [0, 0.1) is 5.92 Å². The van der Waals surface area contributed by atoms with Gasteiger partial charge in [0.1, 0.15) is 6.10 Å². The molecule has 0 bridgehead atoms. The monoisotopic (exact) mass is 254 g/mol. The lowest BCUT2D eigenvalue weighted by Crippen LogP contribution is -2.52. The fourth-order valence-electron chi connectivity index (χ4n) is 2.12. The zero-order chi connectivity index (χ0) is 13.7. The molecule has 0 aromatic heterocycles. The summed E-state index contributed by atoms with van der Waals surface area (Å²) in [6.45, 7) is 2.93. The minimum absolute atomic E-state index is 0.230. The topological polar surface area (TPSA) is 144 Å². The molecule has 0 aromatic carbocycles. The predicted molar refractivity (Wildman–Crippen MR) is 61.2 cm³/mol. The zero-order valence-electron chi connectivity index (χ0n) is 10.0. The second kappa shape index (κ2) is 6.11. The maximum absolute atomic E-state index is 11.0. The highest BCUT2D eigenvalue weighted by atomic mass is 16.6. The molecular formula is C9H14N6O3. The number of ether oxygens (including phenoxy) is 1. The lowest BCUT2D eigenvalue weighted by atomic mass is 9.79. The molecule has 0 amide bonds. The second-order valence-corrected chi connectivity index (χ2v) is 4.20. The van der Waals surface area contributed by atoms with Crippen LogP contribution in [0.25, 0.3) is 20.9 Å². The zero-order valence-corrected chi connectivity index (χ0v) is 10.0. The molecule has 0 radical (unpaired) electrons. The summed E-state index contributed by atoms with van der Waals surface area (Å²) in [6.07, 6.45) is -1.71. The van der Waals surface area contributed by atoms with Crippen molar-refractivity contribution < 1.29 is 14.6 Å². The van der Waals surface area contributed by atoms with Gasteiger partial charge in [-0.3, -0.25) is 4.79 Å². The van der Waals surface area contributed by atoms with Crippen molar-refractivity contribution in [3.8, 4) is 0 Å². The Bertz CT molecular complexity index is 385. The van der Waals surface area contributed by atoms with Gasteiger partial charge in [-0.15, -0.1) is 0 Å². The number of azide groups is 2. The summed E-state index contributed by atoms with van der Waals surface area (Å²) < 4.78 is 5.01. The van der Waals surface area contributed by atoms with Gasteiger partial charge >= 0.3 is 5.97 Å². The first kappa shape index (κ1) is 14.1. The number of carbonyl (C=O) groups excluding carboxylic acids is 1. The summed E-state index contributed by atoms with van der Waals surface area (Å²) >= 11 is 0. The maximum Gasteiger partial charge on any atom is 0.303 e. The molecule has 1 saturated carbocycles. The Kier molecular flexibility index (Phi) is 4.79. The molecule has 18 heavy (non-hydrogen) atoms. The summed E-state index contributed by atoms with van der Waals surface area (Å²) in [7, 11) is 0. The Balaban J connectivity index is 2.99. The van der Waals surface area contributed by atoms with E-state index in [0.29, 0.717) is 0 Å². The van der Waals surface area contributed by atoms with Gasteiger partial charge in [0.05, 0.1) is 12.1 Å². The summed E-state index contributed by atoms with van der Waals surface area (Å²) in [5, 5.41) is 17.0. The molecule has 1 aliphatic carbocycles. The molecule has 0 aromatic rings. The minimum Gasteiger partial charge on any atom is -0.459 e. The molecule has 9 heteroatoms. The van der Waals surface area contributed by atoms with Crippen LogP contribution in [0.2, 0.25) is 0 Å². The van der Waals surface area contributed by atoms with Crippen LogP contribution in [0.5, 0.6) is 0 Å². The van der Waals surface area contributed by atoms with Crippen LogP contribution >= 0.6 is 0 Å². The molecule has 0 spiro atoms. The van der Waals surface area contributed by atoms with Crippen LogP contribution in [-0.2, 0) is 9.53 Å². The molecule has 0 heterocycles. The van der Waals surface area contributed by atoms with Crippen LogP contribution in [0.3, 0.4) is 0 Å². The van der Waals surface area contributed by atoms with Gasteiger partial charge in [0, 0.05) is 28.7 Å². The molecule has 5 atom stereocenters. The van der Waals surface area contributed by atoms with Crippen molar-refractivity contribution in [2.24, 2.45) is 16.1 Å². The highest BCUT2D eigenvalue weighted by Gasteiger charge is 2.43. The lowest BCUT2D eigenvalue weighted by Gasteiger charge is -2.39. The van der Waals surface area contributed by atoms with Crippen molar-refractivity contribution >= 4 is 5.97 Å². The molecule has 1 rings (SSSR count). The fourth-order valence-corrected chi connectivity index (χ4v) is 2.12. The first-order valence-electron chi connectivity index (χ1n) is 5.45. The molecule has 98 valence electrons. The fraction of sp³-hybridized carbons (Fsp3) is 0.889. The van der Waals surface area contributed by atoms with Gasteiger partial charge in [-0.25, -0.2) is 0 Å². The number of aliphatic hydroxyl groups is 1. The van der Waals surface area contributed by atoms with E-state index in [9.17, 15) is 9.90 Å². The largest absolute Gasteiger partial charge is 0.459 e. The van der Waals surface area contributed by atoms with Crippen molar-refractivity contribution in [1.82, 2.24) is 0 Å². The van der Waals surface area contributed by atoms with Gasteiger partial charge in [-0.2, -0.15) is 0 Å². The molecule has 0 aliphatic heterocycles. The van der Waals surface area contributed by atoms with Crippen molar-refractivity contribution in [3.63, 3.8) is 0 Å². The van der Waals surface area contributed by atoms with Gasteiger partial charge in [-0.05, 0) is 17.5 Å². The van der Waals surface area contributed by atoms with E-state index in [-0.39, 0.29) is 12.3 Å². The smallest absolute Gasteiger partial charge is 0.303 e. The normalized spacial score (nSPS) is 34.9. The lowest BCUT2D eigenvalue weighted by molar-refractivity contribution is -0.161. The second-order valence-electron chi connectivity index (χ2n) is 4.20. The molecule has 0 saturated heterocycles. The highest BCUT2D eigenvalue weighted by Crippen LogP contribution is 2.32. The molecule has 0 unspecified atom stereocenters. The Morgan fingerprint density at radius 1 is 1.33 bits per heavy atom. The molecule has 1 fully saturated rings. The standard InChI is InChI=1S/C9H14N6O3/c1-4-6(12-14-10)3-7(13-15-11)8(17)9(4)18-5(2)16/h4,6-9,17H,3H2,1-2H3/t4-,6+,7-,8+,9+/m0/s1. The van der Waals surface area contributed by atoms with E-state index < -0.39 is 30.3 Å². The summed E-state index contributed by atoms with van der Waals surface area (Å²) in [4.78, 5) is 16.3. The van der Waals surface area contributed by atoms with Crippen LogP contribution in [-0.4, -0.2) is 35.4 Å². The van der Waals surface area contributed by atoms with Gasteiger partial charge in [0.2, 0.25) is 0 Å². The molecule has 1 aliphatic rings. The van der Waals surface area contributed by atoms with Crippen molar-refractivity contribution in [1.29, 1.82) is 0 Å². The van der Waals surface area contributed by atoms with Gasteiger partial charge in [0.15, 0.2) is 0 Å². The number of hydrogen-bond acceptors (Lipinski definition) is 5. The summed E-state index contributed by atoms with van der Waals surface area (Å²) in [6, 6.07) is -1.26. The average Bonchev–Trinajstić information content (AvgIpc) is 2.31. The van der Waals surface area contributed by atoms with E-state index in [2.05, 4.69) is 20.1 Å². The summed E-state index contributed by atoms with van der Waals surface area (Å²) in [5.74, 6) is -0.892. The molecular weight excluding hydrogens is 240 g/mol. The van der Waals surface area contributed by atoms with E-state index >= 15 is 0 Å². The van der Waals surface area contributed by atoms with E-state index in [1.807, 2.05) is 0 Å². The number of aliphatic hydroxyl groups excluding tert-OH is 1. The Hall–Kier alpha value is -1.95. The van der Waals surface area contributed by atoms with Crippen molar-refractivity contribution in [2.75, 3.05) is 0 Å². The summed E-state index contributed by atoms with van der Waals surface area (Å²) in [5.41, 5.74) is 16.9. The Morgan fingerprint density at radius 2 is 1.89 bits per heavy atom. The number of nitrogens with zero attached hydrogens (tertiary/aromatic N) is 6. The third-order valence-electron chi connectivity index (χ3n) is 3.04.